The van der Waals surface area contributed by atoms with Gasteiger partial charge in [0.05, 0.1) is 0 Å². The monoisotopic (exact) mass is 355 g/mol. The maximum absolute atomic E-state index is 11.6. The Morgan fingerprint density at radius 3 is 2.85 bits per heavy atom. The molecule has 1 N–H and O–H groups in total. The molecule has 0 aromatic carbocycles. The molecule has 1 saturated carbocycles. The molecule has 8 heteroatoms. The van der Waals surface area contributed by atoms with Gasteiger partial charge in [-0.25, -0.2) is 0 Å². The summed E-state index contributed by atoms with van der Waals surface area (Å²) in [4.78, 5) is 16.2. The van der Waals surface area contributed by atoms with E-state index in [2.05, 4.69) is 32.4 Å². The highest BCUT2D eigenvalue weighted by Crippen LogP contribution is 2.38. The van der Waals surface area contributed by atoms with E-state index in [0.717, 1.165) is 49.8 Å². The summed E-state index contributed by atoms with van der Waals surface area (Å²) in [6, 6.07) is 4.85. The Bertz CT molecular complexity index is 824. The fourth-order valence-electron chi connectivity index (χ4n) is 4.00. The van der Waals surface area contributed by atoms with E-state index >= 15 is 0 Å². The third-order valence-corrected chi connectivity index (χ3v) is 5.85. The van der Waals surface area contributed by atoms with Gasteiger partial charge in [-0.1, -0.05) is 0 Å². The number of anilines is 1. The highest BCUT2D eigenvalue weighted by Gasteiger charge is 2.34. The number of carbonyl (C=O) groups excluding carboxylic acids is 1. The molecule has 1 amide bonds. The third kappa shape index (κ3) is 2.92. The number of fused-ring (bicyclic) bond motifs is 1. The average Bonchev–Trinajstić information content (AvgIpc) is 3.33. The molecule has 3 aliphatic rings. The first kappa shape index (κ1) is 16.0. The van der Waals surface area contributed by atoms with Gasteiger partial charge < -0.3 is 10.2 Å². The van der Waals surface area contributed by atoms with E-state index < -0.39 is 0 Å². The van der Waals surface area contributed by atoms with Crippen LogP contribution in [0.5, 0.6) is 0 Å². The van der Waals surface area contributed by atoms with Crippen molar-refractivity contribution in [3.05, 3.63) is 18.0 Å². The van der Waals surface area contributed by atoms with E-state index in [4.69, 9.17) is 5.10 Å². The smallest absolute Gasteiger partial charge is 0.220 e. The summed E-state index contributed by atoms with van der Waals surface area (Å²) in [6.45, 7) is 2.86. The van der Waals surface area contributed by atoms with Gasteiger partial charge in [-0.05, 0) is 44.9 Å². The predicted octanol–water partition coefficient (Wildman–Crippen LogP) is 0.791. The molecule has 2 aromatic rings. The van der Waals surface area contributed by atoms with Crippen LogP contribution in [-0.2, 0) is 4.79 Å². The molecule has 2 saturated heterocycles. The van der Waals surface area contributed by atoms with E-state index in [1.807, 2.05) is 16.6 Å². The van der Waals surface area contributed by atoms with Gasteiger partial charge in [-0.3, -0.25) is 9.69 Å². The molecule has 1 atom stereocenters. The van der Waals surface area contributed by atoms with Crippen molar-refractivity contribution in [1.29, 1.82) is 0 Å². The number of hydrogen-bond acceptors (Lipinski definition) is 6. The second-order valence-corrected chi connectivity index (χ2v) is 7.95. The average molecular weight is 355 g/mol. The standard InChI is InChI=1S/C18H25N7O/c1-23(9-13-3-2-4-17(26)19-13)14-10-24(11-14)16-8-7-15-20-21-18(12-5-6-12)25(15)22-16/h7-8,12-14H,2-6,9-11H2,1H3,(H,19,26). The lowest BCUT2D eigenvalue weighted by atomic mass is 10.0. The van der Waals surface area contributed by atoms with Crippen LogP contribution in [0.15, 0.2) is 12.1 Å². The third-order valence-electron chi connectivity index (χ3n) is 5.85. The fraction of sp³-hybridized carbons (Fsp3) is 0.667. The van der Waals surface area contributed by atoms with Crippen LogP contribution >= 0.6 is 0 Å². The van der Waals surface area contributed by atoms with Gasteiger partial charge >= 0.3 is 0 Å². The van der Waals surface area contributed by atoms with Gasteiger partial charge in [0.1, 0.15) is 5.82 Å². The normalized spacial score (nSPS) is 24.2. The van der Waals surface area contributed by atoms with E-state index in [9.17, 15) is 4.79 Å². The largest absolute Gasteiger partial charge is 0.352 e. The Morgan fingerprint density at radius 2 is 2.08 bits per heavy atom. The van der Waals surface area contributed by atoms with Crippen molar-refractivity contribution in [1.82, 2.24) is 30.0 Å². The minimum atomic E-state index is 0.197. The van der Waals surface area contributed by atoms with Crippen LogP contribution in [0, 0.1) is 0 Å². The lowest BCUT2D eigenvalue weighted by Crippen LogP contribution is -2.61. The molecule has 0 radical (unpaired) electrons. The van der Waals surface area contributed by atoms with Crippen LogP contribution in [0.1, 0.15) is 43.8 Å². The summed E-state index contributed by atoms with van der Waals surface area (Å²) in [5.41, 5.74) is 0.831. The van der Waals surface area contributed by atoms with E-state index in [1.165, 1.54) is 12.8 Å². The SMILES string of the molecule is CN(CC1CCCC(=O)N1)C1CN(c2ccc3nnc(C4CC4)n3n2)C1. The quantitative estimate of drug-likeness (QED) is 0.854. The van der Waals surface area contributed by atoms with Crippen molar-refractivity contribution >= 4 is 17.4 Å². The van der Waals surface area contributed by atoms with Gasteiger partial charge in [0.2, 0.25) is 5.91 Å². The molecule has 2 aromatic heterocycles. The number of nitrogens with zero attached hydrogens (tertiary/aromatic N) is 6. The molecule has 5 rings (SSSR count). The van der Waals surface area contributed by atoms with Crippen LogP contribution in [0.25, 0.3) is 5.65 Å². The van der Waals surface area contributed by atoms with Crippen molar-refractivity contribution in [3.63, 3.8) is 0 Å². The number of amides is 1. The molecule has 0 bridgehead atoms. The van der Waals surface area contributed by atoms with E-state index in [1.54, 1.807) is 0 Å². The summed E-state index contributed by atoms with van der Waals surface area (Å²) < 4.78 is 1.92. The van der Waals surface area contributed by atoms with Gasteiger partial charge in [-0.15, -0.1) is 15.3 Å². The van der Waals surface area contributed by atoms with Crippen molar-refractivity contribution in [2.24, 2.45) is 0 Å². The maximum Gasteiger partial charge on any atom is 0.220 e. The Morgan fingerprint density at radius 1 is 1.23 bits per heavy atom. The lowest BCUT2D eigenvalue weighted by Gasteiger charge is -2.45. The van der Waals surface area contributed by atoms with Crippen LogP contribution in [0.4, 0.5) is 5.82 Å². The second-order valence-electron chi connectivity index (χ2n) is 7.95. The Labute approximate surface area is 152 Å². The number of rotatable bonds is 5. The van der Waals surface area contributed by atoms with Crippen LogP contribution in [0.3, 0.4) is 0 Å². The highest BCUT2D eigenvalue weighted by molar-refractivity contribution is 5.76. The van der Waals surface area contributed by atoms with Crippen molar-refractivity contribution < 1.29 is 4.79 Å². The first-order chi connectivity index (χ1) is 12.7. The van der Waals surface area contributed by atoms with E-state index in [-0.39, 0.29) is 5.91 Å². The molecule has 8 nitrogen and oxygen atoms in total. The van der Waals surface area contributed by atoms with Gasteiger partial charge in [0.25, 0.3) is 0 Å². The Hall–Kier alpha value is -2.22. The molecular formula is C18H25N7O. The van der Waals surface area contributed by atoms with Crippen LogP contribution in [0.2, 0.25) is 0 Å². The molecule has 1 unspecified atom stereocenters. The second kappa shape index (κ2) is 6.19. The van der Waals surface area contributed by atoms with Crippen LogP contribution < -0.4 is 10.2 Å². The zero-order valence-electron chi connectivity index (χ0n) is 15.1. The first-order valence-electron chi connectivity index (χ1n) is 9.64. The summed E-state index contributed by atoms with van der Waals surface area (Å²) in [5, 5.41) is 16.4. The zero-order valence-corrected chi connectivity index (χ0v) is 15.1. The predicted molar refractivity (Wildman–Crippen MR) is 97.2 cm³/mol. The van der Waals surface area contributed by atoms with Crippen LogP contribution in [-0.4, -0.2) is 69.4 Å². The number of likely N-dealkylation sites (N-methyl/N-ethyl adjacent to an activating group) is 1. The summed E-state index contributed by atoms with van der Waals surface area (Å²) in [6.07, 6.45) is 5.16. The number of carbonyl (C=O) groups is 1. The van der Waals surface area contributed by atoms with Crippen molar-refractivity contribution in [2.45, 2.75) is 50.1 Å². The summed E-state index contributed by atoms with van der Waals surface area (Å²) >= 11 is 0. The number of piperidine rings is 1. The van der Waals surface area contributed by atoms with Gasteiger partial charge in [0, 0.05) is 44.1 Å². The molecule has 3 fully saturated rings. The molecule has 138 valence electrons. The first-order valence-corrected chi connectivity index (χ1v) is 9.64. The van der Waals surface area contributed by atoms with Gasteiger partial charge in [0.15, 0.2) is 11.5 Å². The van der Waals surface area contributed by atoms with Crippen molar-refractivity contribution in [3.8, 4) is 0 Å². The summed E-state index contributed by atoms with van der Waals surface area (Å²) in [7, 11) is 2.16. The Balaban J connectivity index is 1.21. The molecule has 1 aliphatic carbocycles. The molecule has 0 spiro atoms. The minimum absolute atomic E-state index is 0.197. The lowest BCUT2D eigenvalue weighted by molar-refractivity contribution is -0.123. The number of hydrogen-bond donors (Lipinski definition) is 1. The van der Waals surface area contributed by atoms with Gasteiger partial charge in [-0.2, -0.15) is 4.52 Å². The molecule has 26 heavy (non-hydrogen) atoms. The topological polar surface area (TPSA) is 78.7 Å². The molecule has 2 aliphatic heterocycles. The fourth-order valence-corrected chi connectivity index (χ4v) is 4.00. The summed E-state index contributed by atoms with van der Waals surface area (Å²) in [5.74, 6) is 2.73. The Kier molecular flexibility index (Phi) is 3.81. The minimum Gasteiger partial charge on any atom is -0.352 e. The maximum atomic E-state index is 11.6. The highest BCUT2D eigenvalue weighted by atomic mass is 16.1. The molecular weight excluding hydrogens is 330 g/mol. The van der Waals surface area contributed by atoms with E-state index in [0.29, 0.717) is 24.4 Å². The molecule has 4 heterocycles. The number of nitrogens with one attached hydrogen (secondary N) is 1. The van der Waals surface area contributed by atoms with Crippen molar-refractivity contribution in [2.75, 3.05) is 31.6 Å². The zero-order chi connectivity index (χ0) is 17.7. The number of aromatic nitrogens is 4.